The van der Waals surface area contributed by atoms with Crippen molar-refractivity contribution < 1.29 is 9.59 Å². The Labute approximate surface area is 91.2 Å². The Hall–Kier alpha value is -1.10. The molecule has 0 aromatic carbocycles. The summed E-state index contributed by atoms with van der Waals surface area (Å²) in [6.07, 6.45) is 0. The average Bonchev–Trinajstić information content (AvgIpc) is 2.24. The van der Waals surface area contributed by atoms with Crippen LogP contribution in [0.4, 0.5) is 0 Å². The first-order chi connectivity index (χ1) is 7.02. The van der Waals surface area contributed by atoms with Gasteiger partial charge in [0.2, 0.25) is 11.8 Å². The monoisotopic (exact) mass is 215 g/mol. The minimum Gasteiger partial charge on any atom is -0.347 e. The lowest BCUT2D eigenvalue weighted by molar-refractivity contribution is -0.132. The van der Waals surface area contributed by atoms with Crippen LogP contribution < -0.4 is 10.6 Å². The molecule has 0 aliphatic rings. The highest BCUT2D eigenvalue weighted by molar-refractivity contribution is 5.85. The number of amides is 2. The van der Waals surface area contributed by atoms with Crippen LogP contribution in [0.2, 0.25) is 0 Å². The Morgan fingerprint density at radius 2 is 2.00 bits per heavy atom. The number of likely N-dealkylation sites (N-methyl/N-ethyl adjacent to an activating group) is 1. The summed E-state index contributed by atoms with van der Waals surface area (Å²) >= 11 is 0. The van der Waals surface area contributed by atoms with E-state index in [1.807, 2.05) is 13.8 Å². The molecule has 0 fully saturated rings. The fourth-order valence-corrected chi connectivity index (χ4v) is 1.05. The van der Waals surface area contributed by atoms with Crippen molar-refractivity contribution in [3.63, 3.8) is 0 Å². The number of hydrogen-bond donors (Lipinski definition) is 2. The lowest BCUT2D eigenvalue weighted by Crippen LogP contribution is -2.41. The van der Waals surface area contributed by atoms with Crippen LogP contribution in [0.25, 0.3) is 0 Å². The molecule has 5 heteroatoms. The molecule has 88 valence electrons. The Kier molecular flexibility index (Phi) is 6.70. The third kappa shape index (κ3) is 5.37. The Bertz CT molecular complexity index is 219. The van der Waals surface area contributed by atoms with E-state index in [2.05, 4.69) is 10.6 Å². The predicted octanol–water partition coefficient (Wildman–Crippen LogP) is -0.564. The normalized spacial score (nSPS) is 12.0. The van der Waals surface area contributed by atoms with E-state index in [1.54, 1.807) is 19.0 Å². The molecule has 0 aliphatic heterocycles. The Balaban J connectivity index is 3.85. The summed E-state index contributed by atoms with van der Waals surface area (Å²) in [6.45, 7) is 5.06. The number of nitrogens with one attached hydrogen (secondary N) is 2. The maximum absolute atomic E-state index is 11.4. The van der Waals surface area contributed by atoms with Gasteiger partial charge in [-0.05, 0) is 14.0 Å². The molecule has 5 nitrogen and oxygen atoms in total. The van der Waals surface area contributed by atoms with E-state index in [0.717, 1.165) is 0 Å². The van der Waals surface area contributed by atoms with Gasteiger partial charge >= 0.3 is 0 Å². The molecule has 0 saturated carbocycles. The molecular weight excluding hydrogens is 194 g/mol. The third-order valence-electron chi connectivity index (χ3n) is 2.27. The van der Waals surface area contributed by atoms with Crippen LogP contribution in [0.1, 0.15) is 13.8 Å². The molecule has 15 heavy (non-hydrogen) atoms. The molecule has 0 heterocycles. The van der Waals surface area contributed by atoms with Gasteiger partial charge < -0.3 is 15.5 Å². The molecule has 0 rings (SSSR count). The fourth-order valence-electron chi connectivity index (χ4n) is 1.05. The number of nitrogens with zero attached hydrogens (tertiary/aromatic N) is 1. The van der Waals surface area contributed by atoms with Crippen LogP contribution in [-0.4, -0.2) is 50.4 Å². The second-order valence-electron chi connectivity index (χ2n) is 3.58. The highest BCUT2D eigenvalue weighted by atomic mass is 16.2. The van der Waals surface area contributed by atoms with Gasteiger partial charge in [0.05, 0.1) is 6.54 Å². The predicted molar refractivity (Wildman–Crippen MR) is 59.4 cm³/mol. The molecule has 2 N–H and O–H groups in total. The van der Waals surface area contributed by atoms with E-state index in [1.165, 1.54) is 0 Å². The Morgan fingerprint density at radius 1 is 1.40 bits per heavy atom. The molecule has 2 amide bonds. The minimum atomic E-state index is -0.116. The molecule has 0 saturated heterocycles. The molecular formula is C10H21N3O2. The first-order valence-electron chi connectivity index (χ1n) is 5.19. The smallest absolute Gasteiger partial charge is 0.241 e. The van der Waals surface area contributed by atoms with Gasteiger partial charge in [0.15, 0.2) is 0 Å². The topological polar surface area (TPSA) is 61.4 Å². The summed E-state index contributed by atoms with van der Waals surface area (Å²) in [5.41, 5.74) is 0. The first kappa shape index (κ1) is 13.9. The van der Waals surface area contributed by atoms with Crippen LogP contribution >= 0.6 is 0 Å². The van der Waals surface area contributed by atoms with E-state index < -0.39 is 0 Å². The van der Waals surface area contributed by atoms with E-state index in [0.29, 0.717) is 13.1 Å². The number of carbonyl (C=O) groups excluding carboxylic acids is 2. The zero-order valence-electron chi connectivity index (χ0n) is 9.96. The molecule has 0 bridgehead atoms. The van der Waals surface area contributed by atoms with Gasteiger partial charge in [-0.1, -0.05) is 6.92 Å². The second kappa shape index (κ2) is 7.23. The first-order valence-corrected chi connectivity index (χ1v) is 5.19. The van der Waals surface area contributed by atoms with Gasteiger partial charge in [-0.2, -0.15) is 0 Å². The van der Waals surface area contributed by atoms with E-state index in [4.69, 9.17) is 0 Å². The largest absolute Gasteiger partial charge is 0.347 e. The Morgan fingerprint density at radius 3 is 2.47 bits per heavy atom. The number of rotatable bonds is 6. The van der Waals surface area contributed by atoms with Gasteiger partial charge in [-0.15, -0.1) is 0 Å². The zero-order valence-corrected chi connectivity index (χ0v) is 9.96. The molecule has 0 aliphatic carbocycles. The molecule has 0 aromatic heterocycles. The van der Waals surface area contributed by atoms with Crippen molar-refractivity contribution in [3.8, 4) is 0 Å². The van der Waals surface area contributed by atoms with Crippen LogP contribution in [-0.2, 0) is 9.59 Å². The lowest BCUT2D eigenvalue weighted by Gasteiger charge is -2.16. The molecule has 0 radical (unpaired) electrons. The average molecular weight is 215 g/mol. The highest BCUT2D eigenvalue weighted by Crippen LogP contribution is 1.91. The van der Waals surface area contributed by atoms with Crippen LogP contribution in [0.5, 0.6) is 0 Å². The summed E-state index contributed by atoms with van der Waals surface area (Å²) in [5, 5.41) is 5.53. The highest BCUT2D eigenvalue weighted by Gasteiger charge is 2.13. The van der Waals surface area contributed by atoms with Gasteiger partial charge in [0.25, 0.3) is 0 Å². The SMILES string of the molecule is CCN(C)C(=O)CNC(=O)C(C)CNC. The molecule has 1 unspecified atom stereocenters. The van der Waals surface area contributed by atoms with Crippen molar-refractivity contribution in [2.24, 2.45) is 5.92 Å². The fraction of sp³-hybridized carbons (Fsp3) is 0.800. The third-order valence-corrected chi connectivity index (χ3v) is 2.27. The summed E-state index contributed by atoms with van der Waals surface area (Å²) in [4.78, 5) is 24.4. The van der Waals surface area contributed by atoms with Gasteiger partial charge in [-0.3, -0.25) is 9.59 Å². The van der Waals surface area contributed by atoms with Crippen LogP contribution in [0.3, 0.4) is 0 Å². The standard InChI is InChI=1S/C10H21N3O2/c1-5-13(4)9(14)7-12-10(15)8(2)6-11-3/h8,11H,5-7H2,1-4H3,(H,12,15). The van der Waals surface area contributed by atoms with Gasteiger partial charge in [-0.25, -0.2) is 0 Å². The van der Waals surface area contributed by atoms with Crippen molar-refractivity contribution in [2.45, 2.75) is 13.8 Å². The van der Waals surface area contributed by atoms with Gasteiger partial charge in [0.1, 0.15) is 0 Å². The number of hydrogen-bond acceptors (Lipinski definition) is 3. The van der Waals surface area contributed by atoms with Crippen molar-refractivity contribution >= 4 is 11.8 Å². The summed E-state index contributed by atoms with van der Waals surface area (Å²) < 4.78 is 0. The molecule has 0 aromatic rings. The quantitative estimate of drug-likeness (QED) is 0.624. The summed E-state index contributed by atoms with van der Waals surface area (Å²) in [7, 11) is 3.51. The summed E-state index contributed by atoms with van der Waals surface area (Å²) in [5.74, 6) is -0.278. The van der Waals surface area contributed by atoms with Crippen molar-refractivity contribution in [2.75, 3.05) is 33.7 Å². The van der Waals surface area contributed by atoms with Crippen LogP contribution in [0.15, 0.2) is 0 Å². The second-order valence-corrected chi connectivity index (χ2v) is 3.58. The molecule has 1 atom stereocenters. The van der Waals surface area contributed by atoms with E-state index >= 15 is 0 Å². The van der Waals surface area contributed by atoms with Crippen molar-refractivity contribution in [1.82, 2.24) is 15.5 Å². The minimum absolute atomic E-state index is 0.0671. The molecule has 0 spiro atoms. The van der Waals surface area contributed by atoms with Crippen LogP contribution in [0, 0.1) is 5.92 Å². The number of carbonyl (C=O) groups is 2. The maximum Gasteiger partial charge on any atom is 0.241 e. The zero-order chi connectivity index (χ0) is 11.8. The van der Waals surface area contributed by atoms with E-state index in [9.17, 15) is 9.59 Å². The van der Waals surface area contributed by atoms with Crippen molar-refractivity contribution in [1.29, 1.82) is 0 Å². The maximum atomic E-state index is 11.4. The lowest BCUT2D eigenvalue weighted by atomic mass is 10.1. The van der Waals surface area contributed by atoms with Crippen molar-refractivity contribution in [3.05, 3.63) is 0 Å². The van der Waals surface area contributed by atoms with Gasteiger partial charge in [0, 0.05) is 26.1 Å². The van der Waals surface area contributed by atoms with E-state index in [-0.39, 0.29) is 24.3 Å². The summed E-state index contributed by atoms with van der Waals surface area (Å²) in [6, 6.07) is 0.